The van der Waals surface area contributed by atoms with Crippen molar-refractivity contribution in [3.63, 3.8) is 0 Å². The second kappa shape index (κ2) is 5.70. The van der Waals surface area contributed by atoms with Crippen LogP contribution in [0.5, 0.6) is 0 Å². The number of sulfonamides is 1. The Morgan fingerprint density at radius 1 is 1.35 bits per heavy atom. The smallest absolute Gasteiger partial charge is 0.241 e. The molecule has 0 unspecified atom stereocenters. The van der Waals surface area contributed by atoms with Crippen molar-refractivity contribution in [2.45, 2.75) is 31.8 Å². The highest BCUT2D eigenvalue weighted by molar-refractivity contribution is 7.89. The molecule has 0 saturated carbocycles. The zero-order valence-corrected chi connectivity index (χ0v) is 12.1. The first-order valence-electron chi connectivity index (χ1n) is 6.01. The van der Waals surface area contributed by atoms with Gasteiger partial charge >= 0.3 is 0 Å². The van der Waals surface area contributed by atoms with E-state index in [0.29, 0.717) is 17.3 Å². The SMILES string of the molecule is Cc1nc(CNS(=O)(=O)c2cc(CN)ccc2C)no1. The second-order valence-corrected chi connectivity index (χ2v) is 6.09. The number of aryl methyl sites for hydroxylation is 2. The molecule has 1 heterocycles. The minimum Gasteiger partial charge on any atom is -0.340 e. The van der Waals surface area contributed by atoms with E-state index in [1.54, 1.807) is 32.0 Å². The molecule has 0 aliphatic carbocycles. The van der Waals surface area contributed by atoms with Crippen LogP contribution in [0, 0.1) is 13.8 Å². The van der Waals surface area contributed by atoms with Crippen molar-refractivity contribution in [3.8, 4) is 0 Å². The van der Waals surface area contributed by atoms with E-state index in [9.17, 15) is 8.42 Å². The molecular formula is C12H16N4O3S. The molecule has 1 aromatic carbocycles. The number of hydrogen-bond acceptors (Lipinski definition) is 6. The maximum absolute atomic E-state index is 12.3. The van der Waals surface area contributed by atoms with E-state index < -0.39 is 10.0 Å². The Labute approximate surface area is 117 Å². The summed E-state index contributed by atoms with van der Waals surface area (Å²) in [6.45, 7) is 3.63. The maximum atomic E-state index is 12.3. The van der Waals surface area contributed by atoms with Gasteiger partial charge in [0, 0.05) is 13.5 Å². The summed E-state index contributed by atoms with van der Waals surface area (Å²) in [6.07, 6.45) is 0. The van der Waals surface area contributed by atoms with Gasteiger partial charge in [-0.1, -0.05) is 17.3 Å². The number of nitrogens with one attached hydrogen (secondary N) is 1. The number of nitrogens with zero attached hydrogens (tertiary/aromatic N) is 2. The summed E-state index contributed by atoms with van der Waals surface area (Å²) in [4.78, 5) is 4.15. The van der Waals surface area contributed by atoms with Crippen molar-refractivity contribution in [1.29, 1.82) is 0 Å². The summed E-state index contributed by atoms with van der Waals surface area (Å²) in [6, 6.07) is 5.10. The number of benzene rings is 1. The van der Waals surface area contributed by atoms with Crippen molar-refractivity contribution < 1.29 is 12.9 Å². The summed E-state index contributed by atoms with van der Waals surface area (Å²) < 4.78 is 31.8. The molecule has 2 rings (SSSR count). The molecule has 2 aromatic rings. The molecule has 0 radical (unpaired) electrons. The van der Waals surface area contributed by atoms with Crippen molar-refractivity contribution in [2.75, 3.05) is 0 Å². The fourth-order valence-corrected chi connectivity index (χ4v) is 2.98. The van der Waals surface area contributed by atoms with Gasteiger partial charge < -0.3 is 10.3 Å². The molecule has 0 fully saturated rings. The lowest BCUT2D eigenvalue weighted by Crippen LogP contribution is -2.24. The highest BCUT2D eigenvalue weighted by atomic mass is 32.2. The Bertz CT molecular complexity index is 709. The molecule has 3 N–H and O–H groups in total. The monoisotopic (exact) mass is 296 g/mol. The molecule has 0 atom stereocenters. The predicted molar refractivity (Wildman–Crippen MR) is 72.1 cm³/mol. The van der Waals surface area contributed by atoms with Crippen LogP contribution < -0.4 is 10.5 Å². The molecule has 0 bridgehead atoms. The topological polar surface area (TPSA) is 111 Å². The summed E-state index contributed by atoms with van der Waals surface area (Å²) >= 11 is 0. The summed E-state index contributed by atoms with van der Waals surface area (Å²) in [5.41, 5.74) is 6.94. The first-order valence-corrected chi connectivity index (χ1v) is 7.49. The molecule has 20 heavy (non-hydrogen) atoms. The molecule has 0 aliphatic heterocycles. The van der Waals surface area contributed by atoms with Crippen molar-refractivity contribution in [3.05, 3.63) is 41.0 Å². The molecule has 0 spiro atoms. The fraction of sp³-hybridized carbons (Fsp3) is 0.333. The van der Waals surface area contributed by atoms with E-state index in [1.165, 1.54) is 0 Å². The third-order valence-electron chi connectivity index (χ3n) is 2.77. The van der Waals surface area contributed by atoms with Crippen molar-refractivity contribution >= 4 is 10.0 Å². The zero-order valence-electron chi connectivity index (χ0n) is 11.3. The standard InChI is InChI=1S/C12H16N4O3S/c1-8-3-4-10(6-13)5-11(8)20(17,18)14-7-12-15-9(2)19-16-12/h3-5,14H,6-7,13H2,1-2H3. The van der Waals surface area contributed by atoms with Gasteiger partial charge in [-0.2, -0.15) is 4.98 Å². The van der Waals surface area contributed by atoms with Gasteiger partial charge in [0.2, 0.25) is 15.9 Å². The number of rotatable bonds is 5. The van der Waals surface area contributed by atoms with Crippen LogP contribution in [0.2, 0.25) is 0 Å². The van der Waals surface area contributed by atoms with E-state index in [-0.39, 0.29) is 18.0 Å². The van der Waals surface area contributed by atoms with Gasteiger partial charge in [0.1, 0.15) is 0 Å². The molecule has 7 nitrogen and oxygen atoms in total. The first-order chi connectivity index (χ1) is 9.42. The zero-order chi connectivity index (χ0) is 14.8. The average molecular weight is 296 g/mol. The summed E-state index contributed by atoms with van der Waals surface area (Å²) in [5, 5.41) is 3.64. The lowest BCUT2D eigenvalue weighted by Gasteiger charge is -2.09. The third-order valence-corrected chi connectivity index (χ3v) is 4.31. The Kier molecular flexibility index (Phi) is 4.17. The number of hydrogen-bond donors (Lipinski definition) is 2. The summed E-state index contributed by atoms with van der Waals surface area (Å²) in [5.74, 6) is 0.680. The molecule has 1 aromatic heterocycles. The lowest BCUT2D eigenvalue weighted by atomic mass is 10.1. The number of aromatic nitrogens is 2. The highest BCUT2D eigenvalue weighted by Crippen LogP contribution is 2.17. The largest absolute Gasteiger partial charge is 0.340 e. The Hall–Kier alpha value is -1.77. The van der Waals surface area contributed by atoms with Crippen LogP contribution in [0.1, 0.15) is 22.8 Å². The van der Waals surface area contributed by atoms with Crippen LogP contribution in [0.25, 0.3) is 0 Å². The molecular weight excluding hydrogens is 280 g/mol. The molecule has 0 saturated heterocycles. The van der Waals surface area contributed by atoms with Crippen molar-refractivity contribution in [1.82, 2.24) is 14.9 Å². The van der Waals surface area contributed by atoms with Gasteiger partial charge in [-0.05, 0) is 24.1 Å². The quantitative estimate of drug-likeness (QED) is 0.837. The minimum atomic E-state index is -3.64. The van der Waals surface area contributed by atoms with E-state index >= 15 is 0 Å². The molecule has 0 amide bonds. The van der Waals surface area contributed by atoms with E-state index in [0.717, 1.165) is 5.56 Å². The highest BCUT2D eigenvalue weighted by Gasteiger charge is 2.18. The van der Waals surface area contributed by atoms with Gasteiger partial charge in [-0.25, -0.2) is 13.1 Å². The van der Waals surface area contributed by atoms with Gasteiger partial charge in [-0.15, -0.1) is 0 Å². The van der Waals surface area contributed by atoms with Gasteiger partial charge in [0.15, 0.2) is 5.82 Å². The van der Waals surface area contributed by atoms with Crippen LogP contribution in [0.3, 0.4) is 0 Å². The van der Waals surface area contributed by atoms with Crippen molar-refractivity contribution in [2.24, 2.45) is 5.73 Å². The van der Waals surface area contributed by atoms with E-state index in [2.05, 4.69) is 14.9 Å². The Morgan fingerprint density at radius 2 is 2.10 bits per heavy atom. The average Bonchev–Trinajstić information content (AvgIpc) is 2.83. The fourth-order valence-electron chi connectivity index (χ4n) is 1.71. The molecule has 0 aliphatic rings. The van der Waals surface area contributed by atoms with Gasteiger partial charge in [-0.3, -0.25) is 0 Å². The Balaban J connectivity index is 2.21. The lowest BCUT2D eigenvalue weighted by molar-refractivity contribution is 0.387. The van der Waals surface area contributed by atoms with E-state index in [1.807, 2.05) is 0 Å². The maximum Gasteiger partial charge on any atom is 0.241 e. The Morgan fingerprint density at radius 3 is 2.70 bits per heavy atom. The van der Waals surface area contributed by atoms with Gasteiger partial charge in [0.05, 0.1) is 11.4 Å². The van der Waals surface area contributed by atoms with E-state index in [4.69, 9.17) is 10.3 Å². The molecule has 108 valence electrons. The van der Waals surface area contributed by atoms with Crippen LogP contribution in [0.4, 0.5) is 0 Å². The van der Waals surface area contributed by atoms with Crippen LogP contribution in [0.15, 0.2) is 27.6 Å². The minimum absolute atomic E-state index is 0.0219. The second-order valence-electron chi connectivity index (χ2n) is 4.36. The van der Waals surface area contributed by atoms with Crippen LogP contribution in [-0.4, -0.2) is 18.6 Å². The van der Waals surface area contributed by atoms with Crippen LogP contribution in [-0.2, 0) is 23.1 Å². The summed E-state index contributed by atoms with van der Waals surface area (Å²) in [7, 11) is -3.64. The van der Waals surface area contributed by atoms with Crippen LogP contribution >= 0.6 is 0 Å². The predicted octanol–water partition coefficient (Wildman–Crippen LogP) is 0.624. The van der Waals surface area contributed by atoms with Gasteiger partial charge in [0.25, 0.3) is 0 Å². The number of nitrogens with two attached hydrogens (primary N) is 1. The normalized spacial score (nSPS) is 11.8. The third kappa shape index (κ3) is 3.21. The first kappa shape index (κ1) is 14.6. The molecule has 8 heteroatoms.